The Morgan fingerprint density at radius 3 is 2.77 bits per heavy atom. The first-order valence-electron chi connectivity index (χ1n) is 9.63. The van der Waals surface area contributed by atoms with Crippen molar-refractivity contribution in [3.05, 3.63) is 77.9 Å². The van der Waals surface area contributed by atoms with E-state index in [-0.39, 0.29) is 29.6 Å². The van der Waals surface area contributed by atoms with Gasteiger partial charge in [0.15, 0.2) is 0 Å². The van der Waals surface area contributed by atoms with E-state index in [0.29, 0.717) is 22.4 Å². The molecule has 0 radical (unpaired) electrons. The molecule has 1 atom stereocenters. The van der Waals surface area contributed by atoms with Crippen LogP contribution in [0.4, 0.5) is 20.2 Å². The lowest BCUT2D eigenvalue weighted by Crippen LogP contribution is -2.30. The van der Waals surface area contributed by atoms with Gasteiger partial charge in [0, 0.05) is 17.8 Å². The highest BCUT2D eigenvalue weighted by atomic mass is 19.1. The lowest BCUT2D eigenvalue weighted by atomic mass is 9.90. The third kappa shape index (κ3) is 3.52. The Balaban J connectivity index is 1.43. The molecule has 0 fully saturated rings. The second-order valence-electron chi connectivity index (χ2n) is 7.32. The normalized spacial score (nSPS) is 15.4. The minimum absolute atomic E-state index is 0.0200. The van der Waals surface area contributed by atoms with Crippen molar-refractivity contribution in [2.75, 3.05) is 10.6 Å². The van der Waals surface area contributed by atoms with E-state index in [1.807, 2.05) is 12.1 Å². The molecule has 2 amide bonds. The van der Waals surface area contributed by atoms with E-state index in [1.54, 1.807) is 30.3 Å². The second kappa shape index (κ2) is 7.32. The van der Waals surface area contributed by atoms with Crippen molar-refractivity contribution in [2.45, 2.75) is 12.3 Å². The van der Waals surface area contributed by atoms with E-state index in [9.17, 15) is 18.4 Å². The highest BCUT2D eigenvalue weighted by Gasteiger charge is 2.30. The third-order valence-corrected chi connectivity index (χ3v) is 5.25. The average molecular weight is 418 g/mol. The van der Waals surface area contributed by atoms with Crippen molar-refractivity contribution < 1.29 is 18.4 Å². The Morgan fingerprint density at radius 1 is 1.06 bits per heavy atom. The number of nitrogens with zero attached hydrogens (tertiary/aromatic N) is 1. The fourth-order valence-electron chi connectivity index (χ4n) is 3.77. The monoisotopic (exact) mass is 418 g/mol. The molecule has 0 spiro atoms. The number of halogens is 2. The Morgan fingerprint density at radius 2 is 1.90 bits per heavy atom. The van der Waals surface area contributed by atoms with Crippen LogP contribution in [0.25, 0.3) is 22.4 Å². The Hall–Kier alpha value is -4.07. The van der Waals surface area contributed by atoms with Crippen LogP contribution in [0, 0.1) is 11.6 Å². The number of carbonyl (C=O) groups is 2. The zero-order chi connectivity index (χ0) is 21.5. The van der Waals surface area contributed by atoms with Crippen LogP contribution in [-0.4, -0.2) is 21.8 Å². The van der Waals surface area contributed by atoms with Crippen LogP contribution in [-0.2, 0) is 9.59 Å². The molecule has 4 aromatic rings. The second-order valence-corrected chi connectivity index (χ2v) is 7.32. The third-order valence-electron chi connectivity index (χ3n) is 5.25. The molecular formula is C23H16F2N4O2. The van der Waals surface area contributed by atoms with Crippen LogP contribution in [0.15, 0.2) is 60.7 Å². The molecule has 3 N–H and O–H groups in total. The first kappa shape index (κ1) is 18.9. The summed E-state index contributed by atoms with van der Waals surface area (Å²) in [7, 11) is 0. The van der Waals surface area contributed by atoms with E-state index in [1.165, 1.54) is 0 Å². The average Bonchev–Trinajstić information content (AvgIpc) is 3.18. The standard InChI is InChI=1S/C23H16F2N4O2/c24-12-5-7-17(25)16(9-12)22-28-19-8-6-13(10-20(19)29-22)26-23(31)15-11-21(30)27-18-4-2-1-3-14(15)18/h1-10,15H,11H2,(H,26,31)(H,27,30)(H,28,29). The zero-order valence-electron chi connectivity index (χ0n) is 16.1. The molecular weight excluding hydrogens is 402 g/mol. The number of hydrogen-bond acceptors (Lipinski definition) is 3. The molecule has 154 valence electrons. The number of carbonyl (C=O) groups excluding carboxylic acids is 2. The van der Waals surface area contributed by atoms with Gasteiger partial charge < -0.3 is 15.6 Å². The predicted octanol–water partition coefficient (Wildman–Crippen LogP) is 4.57. The maximum atomic E-state index is 14.1. The largest absolute Gasteiger partial charge is 0.338 e. The molecule has 6 nitrogen and oxygen atoms in total. The van der Waals surface area contributed by atoms with Crippen molar-refractivity contribution in [1.29, 1.82) is 0 Å². The fourth-order valence-corrected chi connectivity index (χ4v) is 3.77. The van der Waals surface area contributed by atoms with Crippen LogP contribution < -0.4 is 10.6 Å². The zero-order valence-corrected chi connectivity index (χ0v) is 16.1. The van der Waals surface area contributed by atoms with Gasteiger partial charge in [0.1, 0.15) is 17.5 Å². The SMILES string of the molecule is O=C1CC(C(=O)Nc2ccc3nc(-c4cc(F)ccc4F)[nH]c3c2)c2ccccc2N1. The minimum atomic E-state index is -0.612. The first-order valence-corrected chi connectivity index (χ1v) is 9.63. The van der Waals surface area contributed by atoms with Gasteiger partial charge in [0.2, 0.25) is 11.8 Å². The van der Waals surface area contributed by atoms with Crippen molar-refractivity contribution in [2.24, 2.45) is 0 Å². The molecule has 8 heteroatoms. The molecule has 1 aromatic heterocycles. The highest BCUT2D eigenvalue weighted by molar-refractivity contribution is 6.05. The Bertz CT molecular complexity index is 1350. The van der Waals surface area contributed by atoms with E-state index in [2.05, 4.69) is 20.6 Å². The number of imidazole rings is 1. The van der Waals surface area contributed by atoms with Crippen molar-refractivity contribution in [1.82, 2.24) is 9.97 Å². The number of hydrogen-bond donors (Lipinski definition) is 3. The number of rotatable bonds is 3. The molecule has 2 heterocycles. The van der Waals surface area contributed by atoms with E-state index in [0.717, 1.165) is 23.8 Å². The number of fused-ring (bicyclic) bond motifs is 2. The Kier molecular flexibility index (Phi) is 4.47. The summed E-state index contributed by atoms with van der Waals surface area (Å²) in [6, 6.07) is 15.3. The minimum Gasteiger partial charge on any atom is -0.338 e. The quantitative estimate of drug-likeness (QED) is 0.455. The number of nitrogens with one attached hydrogen (secondary N) is 3. The number of benzene rings is 3. The van der Waals surface area contributed by atoms with Gasteiger partial charge in [-0.1, -0.05) is 18.2 Å². The molecule has 1 aliphatic heterocycles. The van der Waals surface area contributed by atoms with Gasteiger partial charge in [-0.05, 0) is 48.0 Å². The van der Waals surface area contributed by atoms with Gasteiger partial charge in [-0.3, -0.25) is 9.59 Å². The van der Waals surface area contributed by atoms with Crippen LogP contribution in [0.1, 0.15) is 17.9 Å². The van der Waals surface area contributed by atoms with Gasteiger partial charge in [0.05, 0.1) is 22.5 Å². The summed E-state index contributed by atoms with van der Waals surface area (Å²) in [5, 5.41) is 5.60. The summed E-state index contributed by atoms with van der Waals surface area (Å²) in [6.45, 7) is 0. The van der Waals surface area contributed by atoms with Crippen LogP contribution in [0.3, 0.4) is 0 Å². The topological polar surface area (TPSA) is 86.9 Å². The van der Waals surface area contributed by atoms with E-state index in [4.69, 9.17) is 0 Å². The first-order chi connectivity index (χ1) is 15.0. The lowest BCUT2D eigenvalue weighted by Gasteiger charge is -2.24. The molecule has 0 saturated heterocycles. The van der Waals surface area contributed by atoms with Crippen molar-refractivity contribution in [3.63, 3.8) is 0 Å². The molecule has 0 bridgehead atoms. The van der Waals surface area contributed by atoms with Crippen molar-refractivity contribution >= 4 is 34.2 Å². The molecule has 0 saturated carbocycles. The van der Waals surface area contributed by atoms with Crippen LogP contribution >= 0.6 is 0 Å². The molecule has 3 aromatic carbocycles. The van der Waals surface area contributed by atoms with Gasteiger partial charge in [-0.15, -0.1) is 0 Å². The van der Waals surface area contributed by atoms with Gasteiger partial charge >= 0.3 is 0 Å². The number of H-pyrrole nitrogens is 1. The molecule has 1 unspecified atom stereocenters. The van der Waals surface area contributed by atoms with Crippen LogP contribution in [0.5, 0.6) is 0 Å². The van der Waals surface area contributed by atoms with Crippen molar-refractivity contribution in [3.8, 4) is 11.4 Å². The fraction of sp³-hybridized carbons (Fsp3) is 0.0870. The molecule has 5 rings (SSSR count). The van der Waals surface area contributed by atoms with Crippen LogP contribution in [0.2, 0.25) is 0 Å². The van der Waals surface area contributed by atoms with Gasteiger partial charge in [-0.2, -0.15) is 0 Å². The maximum Gasteiger partial charge on any atom is 0.232 e. The highest BCUT2D eigenvalue weighted by Crippen LogP contribution is 2.33. The predicted molar refractivity (Wildman–Crippen MR) is 113 cm³/mol. The Labute approximate surface area is 175 Å². The number of aromatic amines is 1. The summed E-state index contributed by atoms with van der Waals surface area (Å²) in [6.07, 6.45) is 0.0537. The van der Waals surface area contributed by atoms with Gasteiger partial charge in [0.25, 0.3) is 0 Å². The summed E-state index contributed by atoms with van der Waals surface area (Å²) in [4.78, 5) is 32.2. The number of anilines is 2. The molecule has 0 aliphatic carbocycles. The summed E-state index contributed by atoms with van der Waals surface area (Å²) >= 11 is 0. The molecule has 1 aliphatic rings. The smallest absolute Gasteiger partial charge is 0.232 e. The summed E-state index contributed by atoms with van der Waals surface area (Å²) < 4.78 is 27.6. The molecule has 31 heavy (non-hydrogen) atoms. The lowest BCUT2D eigenvalue weighted by molar-refractivity contribution is -0.123. The maximum absolute atomic E-state index is 14.1. The summed E-state index contributed by atoms with van der Waals surface area (Å²) in [5.41, 5.74) is 3.00. The van der Waals surface area contributed by atoms with E-state index >= 15 is 0 Å². The number of aromatic nitrogens is 2. The number of para-hydroxylation sites is 1. The van der Waals surface area contributed by atoms with E-state index < -0.39 is 17.6 Å². The number of amides is 2. The van der Waals surface area contributed by atoms with Gasteiger partial charge in [-0.25, -0.2) is 13.8 Å². The summed E-state index contributed by atoms with van der Waals surface area (Å²) in [5.74, 6) is -2.11.